The predicted octanol–water partition coefficient (Wildman–Crippen LogP) is 5.42. The Labute approximate surface area is 229 Å². The van der Waals surface area contributed by atoms with E-state index in [-0.39, 0.29) is 24.2 Å². The van der Waals surface area contributed by atoms with Crippen molar-refractivity contribution in [3.05, 3.63) is 70.1 Å². The first-order chi connectivity index (χ1) is 18.8. The van der Waals surface area contributed by atoms with E-state index >= 15 is 0 Å². The molecule has 0 radical (unpaired) electrons. The molecular formula is C31H37NO7. The Kier molecular flexibility index (Phi) is 8.53. The molecule has 0 saturated carbocycles. The number of allylic oxidation sites excluding steroid dienone is 3. The third-order valence-corrected chi connectivity index (χ3v) is 7.56. The van der Waals surface area contributed by atoms with Crippen LogP contribution in [0, 0.1) is 0 Å². The van der Waals surface area contributed by atoms with E-state index in [2.05, 4.69) is 5.32 Å². The molecule has 39 heavy (non-hydrogen) atoms. The number of rotatable bonds is 9. The molecule has 1 heterocycles. The van der Waals surface area contributed by atoms with Crippen LogP contribution >= 0.6 is 0 Å². The zero-order valence-corrected chi connectivity index (χ0v) is 23.7. The molecule has 0 amide bonds. The lowest BCUT2D eigenvalue weighted by atomic mass is 9.71. The summed E-state index contributed by atoms with van der Waals surface area (Å²) in [7, 11) is 6.34. The van der Waals surface area contributed by atoms with Crippen molar-refractivity contribution in [3.63, 3.8) is 0 Å². The van der Waals surface area contributed by atoms with Gasteiger partial charge in [0.1, 0.15) is 11.5 Å². The normalized spacial score (nSPS) is 19.6. The lowest BCUT2D eigenvalue weighted by Crippen LogP contribution is -2.36. The molecule has 2 aromatic rings. The van der Waals surface area contributed by atoms with E-state index in [0.29, 0.717) is 58.2 Å². The summed E-state index contributed by atoms with van der Waals surface area (Å²) < 4.78 is 27.8. The van der Waals surface area contributed by atoms with Gasteiger partial charge in [-0.05, 0) is 56.4 Å². The standard InChI is InChI=1S/C31H37NO7/c1-8-17(2)39-31(34)28-18(3)32-23-13-20(19-9-12-25(36-5)27(15-19)38-7)14-24(33)30(23)29(28)22-11-10-21(35-4)16-26(22)37-6/h9-12,15-17,20,29,32H,8,13-14H2,1-7H3/t17-,20-,29-/m0/s1. The van der Waals surface area contributed by atoms with Crippen LogP contribution in [0.2, 0.25) is 0 Å². The minimum Gasteiger partial charge on any atom is -0.497 e. The molecule has 0 unspecified atom stereocenters. The fraction of sp³-hybridized carbons (Fsp3) is 0.419. The first-order valence-corrected chi connectivity index (χ1v) is 13.1. The second-order valence-electron chi connectivity index (χ2n) is 9.86. The minimum absolute atomic E-state index is 0.0345. The van der Waals surface area contributed by atoms with Gasteiger partial charge in [0.25, 0.3) is 0 Å². The van der Waals surface area contributed by atoms with Gasteiger partial charge in [0.15, 0.2) is 17.3 Å². The minimum atomic E-state index is -0.641. The summed E-state index contributed by atoms with van der Waals surface area (Å²) in [6.07, 6.45) is 1.30. The van der Waals surface area contributed by atoms with E-state index in [9.17, 15) is 9.59 Å². The molecule has 2 aromatic carbocycles. The Hall–Kier alpha value is -3.94. The van der Waals surface area contributed by atoms with Crippen molar-refractivity contribution < 1.29 is 33.3 Å². The average molecular weight is 536 g/mol. The van der Waals surface area contributed by atoms with Crippen molar-refractivity contribution in [2.75, 3.05) is 28.4 Å². The van der Waals surface area contributed by atoms with Gasteiger partial charge in [-0.2, -0.15) is 0 Å². The smallest absolute Gasteiger partial charge is 0.337 e. The second-order valence-corrected chi connectivity index (χ2v) is 9.86. The van der Waals surface area contributed by atoms with Crippen LogP contribution in [0.25, 0.3) is 0 Å². The van der Waals surface area contributed by atoms with E-state index in [1.807, 2.05) is 51.1 Å². The number of esters is 1. The van der Waals surface area contributed by atoms with Crippen molar-refractivity contribution in [1.82, 2.24) is 5.32 Å². The van der Waals surface area contributed by atoms with E-state index in [4.69, 9.17) is 23.7 Å². The van der Waals surface area contributed by atoms with Crippen LogP contribution in [0.4, 0.5) is 0 Å². The van der Waals surface area contributed by atoms with Crippen molar-refractivity contribution >= 4 is 11.8 Å². The number of carbonyl (C=O) groups is 2. The first-order valence-electron chi connectivity index (χ1n) is 13.1. The number of hydrogen-bond acceptors (Lipinski definition) is 8. The highest BCUT2D eigenvalue weighted by Crippen LogP contribution is 2.48. The summed E-state index contributed by atoms with van der Waals surface area (Å²) in [6, 6.07) is 11.2. The molecule has 8 heteroatoms. The molecule has 3 atom stereocenters. The molecular weight excluding hydrogens is 498 g/mol. The van der Waals surface area contributed by atoms with Gasteiger partial charge < -0.3 is 29.0 Å². The van der Waals surface area contributed by atoms with Gasteiger partial charge in [0.2, 0.25) is 0 Å². The van der Waals surface area contributed by atoms with E-state index in [0.717, 1.165) is 11.3 Å². The SMILES string of the molecule is CC[C@H](C)OC(=O)C1=C(C)NC2=C(C(=O)C[C@@H](c3ccc(OC)c(OC)c3)C2)[C@H]1c1ccc(OC)cc1OC. The molecule has 208 valence electrons. The number of ketones is 1. The second kappa shape index (κ2) is 11.8. The maximum absolute atomic E-state index is 14.0. The average Bonchev–Trinajstić information content (AvgIpc) is 2.95. The largest absolute Gasteiger partial charge is 0.497 e. The molecule has 0 fully saturated rings. The van der Waals surface area contributed by atoms with Gasteiger partial charge in [0, 0.05) is 35.0 Å². The Morgan fingerprint density at radius 2 is 1.67 bits per heavy atom. The summed E-state index contributed by atoms with van der Waals surface area (Å²) >= 11 is 0. The molecule has 1 aliphatic carbocycles. The predicted molar refractivity (Wildman–Crippen MR) is 148 cm³/mol. The Bertz CT molecular complexity index is 1330. The van der Waals surface area contributed by atoms with Crippen LogP contribution in [-0.4, -0.2) is 46.3 Å². The number of dihydropyridines is 1. The molecule has 0 spiro atoms. The maximum atomic E-state index is 14.0. The Morgan fingerprint density at radius 1 is 0.949 bits per heavy atom. The third-order valence-electron chi connectivity index (χ3n) is 7.56. The van der Waals surface area contributed by atoms with Gasteiger partial charge in [-0.3, -0.25) is 4.79 Å². The third kappa shape index (κ3) is 5.46. The molecule has 8 nitrogen and oxygen atoms in total. The van der Waals surface area contributed by atoms with Crippen LogP contribution in [0.15, 0.2) is 58.9 Å². The summed E-state index contributed by atoms with van der Waals surface area (Å²) in [5.41, 5.74) is 4.13. The first kappa shape index (κ1) is 28.1. The lowest BCUT2D eigenvalue weighted by Gasteiger charge is -2.37. The summed E-state index contributed by atoms with van der Waals surface area (Å²) in [5, 5.41) is 3.40. The quantitative estimate of drug-likeness (QED) is 0.426. The van der Waals surface area contributed by atoms with E-state index in [1.54, 1.807) is 34.5 Å². The lowest BCUT2D eigenvalue weighted by molar-refractivity contribution is -0.144. The highest BCUT2D eigenvalue weighted by molar-refractivity contribution is 6.04. The van der Waals surface area contributed by atoms with Crippen molar-refractivity contribution in [3.8, 4) is 23.0 Å². The molecule has 0 aromatic heterocycles. The number of methoxy groups -OCH3 is 4. The number of nitrogens with one attached hydrogen (secondary N) is 1. The van der Waals surface area contributed by atoms with Crippen LogP contribution in [0.5, 0.6) is 23.0 Å². The highest BCUT2D eigenvalue weighted by atomic mass is 16.5. The van der Waals surface area contributed by atoms with E-state index in [1.165, 1.54) is 0 Å². The van der Waals surface area contributed by atoms with Crippen LogP contribution in [0.1, 0.15) is 63.0 Å². The topological polar surface area (TPSA) is 92.3 Å². The van der Waals surface area contributed by atoms with Crippen molar-refractivity contribution in [2.24, 2.45) is 0 Å². The van der Waals surface area contributed by atoms with Crippen LogP contribution in [-0.2, 0) is 14.3 Å². The maximum Gasteiger partial charge on any atom is 0.337 e. The van der Waals surface area contributed by atoms with Gasteiger partial charge in [0.05, 0.1) is 46.0 Å². The molecule has 0 bridgehead atoms. The van der Waals surface area contributed by atoms with Gasteiger partial charge in [-0.25, -0.2) is 4.79 Å². The van der Waals surface area contributed by atoms with Crippen molar-refractivity contribution in [1.29, 1.82) is 0 Å². The molecule has 4 rings (SSSR count). The molecule has 0 saturated heterocycles. The highest BCUT2D eigenvalue weighted by Gasteiger charge is 2.42. The summed E-state index contributed by atoms with van der Waals surface area (Å²) in [5.74, 6) is 1.21. The zero-order valence-electron chi connectivity index (χ0n) is 23.7. The number of Topliss-reactive ketones (excluding diaryl/α,β-unsaturated/α-hetero) is 1. The van der Waals surface area contributed by atoms with E-state index < -0.39 is 11.9 Å². The number of benzene rings is 2. The molecule has 2 aliphatic rings. The molecule has 1 aliphatic heterocycles. The zero-order chi connectivity index (χ0) is 28.3. The molecule has 1 N–H and O–H groups in total. The van der Waals surface area contributed by atoms with Gasteiger partial charge >= 0.3 is 5.97 Å². The van der Waals surface area contributed by atoms with Gasteiger partial charge in [-0.1, -0.05) is 19.1 Å². The van der Waals surface area contributed by atoms with Gasteiger partial charge in [-0.15, -0.1) is 0 Å². The fourth-order valence-electron chi connectivity index (χ4n) is 5.35. The summed E-state index contributed by atoms with van der Waals surface area (Å²) in [4.78, 5) is 27.5. The number of hydrogen-bond donors (Lipinski definition) is 1. The summed E-state index contributed by atoms with van der Waals surface area (Å²) in [6.45, 7) is 5.67. The van der Waals surface area contributed by atoms with Crippen LogP contribution < -0.4 is 24.3 Å². The number of ether oxygens (including phenoxy) is 5. The fourth-order valence-corrected chi connectivity index (χ4v) is 5.35. The Balaban J connectivity index is 1.82. The Morgan fingerprint density at radius 3 is 2.31 bits per heavy atom. The van der Waals surface area contributed by atoms with Crippen LogP contribution in [0.3, 0.4) is 0 Å². The number of carbonyl (C=O) groups excluding carboxylic acids is 2. The monoisotopic (exact) mass is 535 g/mol. The van der Waals surface area contributed by atoms with Crippen molar-refractivity contribution in [2.45, 2.75) is 58.0 Å².